The first-order valence-electron chi connectivity index (χ1n) is 6.66. The summed E-state index contributed by atoms with van der Waals surface area (Å²) in [6, 6.07) is 6.30. The summed E-state index contributed by atoms with van der Waals surface area (Å²) in [5.74, 6) is 0.607. The van der Waals surface area contributed by atoms with Crippen LogP contribution in [0.3, 0.4) is 0 Å². The van der Waals surface area contributed by atoms with Gasteiger partial charge in [-0.05, 0) is 24.0 Å². The van der Waals surface area contributed by atoms with Crippen molar-refractivity contribution in [3.05, 3.63) is 47.4 Å². The van der Waals surface area contributed by atoms with E-state index < -0.39 is 0 Å². The maximum absolute atomic E-state index is 5.70. The highest BCUT2D eigenvalue weighted by atomic mass is 32.1. The molecule has 0 saturated heterocycles. The van der Waals surface area contributed by atoms with Crippen molar-refractivity contribution in [2.75, 3.05) is 5.32 Å². The topological polar surface area (TPSA) is 63.8 Å². The third kappa shape index (κ3) is 2.93. The Balaban J connectivity index is 2.47. The molecule has 2 aromatic rings. The van der Waals surface area contributed by atoms with Gasteiger partial charge in [0, 0.05) is 18.1 Å². The number of hydrogen-bond donors (Lipinski definition) is 2. The number of nitrogens with zero attached hydrogens (tertiary/aromatic N) is 2. The van der Waals surface area contributed by atoms with Crippen LogP contribution in [0.25, 0.3) is 0 Å². The fourth-order valence-corrected chi connectivity index (χ4v) is 2.28. The minimum atomic E-state index is 0.243. The summed E-state index contributed by atoms with van der Waals surface area (Å²) >= 11 is 5.02. The zero-order valence-corrected chi connectivity index (χ0v) is 12.5. The van der Waals surface area contributed by atoms with Gasteiger partial charge in [0.2, 0.25) is 0 Å². The molecule has 1 aromatic carbocycles. The van der Waals surface area contributed by atoms with E-state index in [0.717, 1.165) is 18.5 Å². The second kappa shape index (κ2) is 6.43. The van der Waals surface area contributed by atoms with Gasteiger partial charge in [0.05, 0.1) is 0 Å². The van der Waals surface area contributed by atoms with E-state index in [9.17, 15) is 0 Å². The van der Waals surface area contributed by atoms with Gasteiger partial charge in [-0.1, -0.05) is 44.3 Å². The average molecular weight is 286 g/mol. The van der Waals surface area contributed by atoms with Crippen molar-refractivity contribution in [2.24, 2.45) is 5.73 Å². The summed E-state index contributed by atoms with van der Waals surface area (Å²) in [5.41, 5.74) is 9.78. The molecule has 0 fully saturated rings. The minimum absolute atomic E-state index is 0.243. The number of thiocarbonyl (C=S) groups is 1. The fraction of sp³-hybridized carbons (Fsp3) is 0.267. The molecule has 0 unspecified atom stereocenters. The number of rotatable bonds is 5. The number of para-hydroxylation sites is 1. The summed E-state index contributed by atoms with van der Waals surface area (Å²) in [6.07, 6.45) is 5.11. The lowest BCUT2D eigenvalue weighted by atomic mass is 10.0. The van der Waals surface area contributed by atoms with Crippen molar-refractivity contribution in [3.8, 4) is 0 Å². The molecule has 1 aromatic heterocycles. The van der Waals surface area contributed by atoms with Crippen LogP contribution >= 0.6 is 12.2 Å². The van der Waals surface area contributed by atoms with Gasteiger partial charge in [-0.25, -0.2) is 9.97 Å². The molecule has 4 nitrogen and oxygen atoms in total. The van der Waals surface area contributed by atoms with E-state index in [-0.39, 0.29) is 4.99 Å². The molecular formula is C15H18N4S. The Morgan fingerprint density at radius 1 is 1.15 bits per heavy atom. The number of anilines is 2. The third-order valence-corrected chi connectivity index (χ3v) is 3.37. The van der Waals surface area contributed by atoms with E-state index in [4.69, 9.17) is 18.0 Å². The Morgan fingerprint density at radius 3 is 2.30 bits per heavy atom. The number of benzene rings is 1. The maximum atomic E-state index is 5.70. The molecule has 1 heterocycles. The molecule has 5 heteroatoms. The Hall–Kier alpha value is -2.01. The Labute approximate surface area is 124 Å². The van der Waals surface area contributed by atoms with Gasteiger partial charge >= 0.3 is 0 Å². The van der Waals surface area contributed by atoms with E-state index in [1.54, 1.807) is 12.4 Å². The van der Waals surface area contributed by atoms with Crippen molar-refractivity contribution in [3.63, 3.8) is 0 Å². The molecular weight excluding hydrogens is 268 g/mol. The highest BCUT2D eigenvalue weighted by molar-refractivity contribution is 7.80. The summed E-state index contributed by atoms with van der Waals surface area (Å²) in [7, 11) is 0. The van der Waals surface area contributed by atoms with Crippen LogP contribution in [0.2, 0.25) is 0 Å². The van der Waals surface area contributed by atoms with Crippen LogP contribution in [0, 0.1) is 0 Å². The lowest BCUT2D eigenvalue weighted by Gasteiger charge is -2.16. The molecule has 0 radical (unpaired) electrons. The van der Waals surface area contributed by atoms with Crippen LogP contribution in [0.15, 0.2) is 30.6 Å². The van der Waals surface area contributed by atoms with Crippen LogP contribution in [0.4, 0.5) is 11.5 Å². The molecule has 0 aliphatic heterocycles. The van der Waals surface area contributed by atoms with E-state index in [2.05, 4.69) is 47.3 Å². The smallest absolute Gasteiger partial charge is 0.159 e. The summed E-state index contributed by atoms with van der Waals surface area (Å²) in [6.45, 7) is 4.26. The Morgan fingerprint density at radius 2 is 1.75 bits per heavy atom. The third-order valence-electron chi connectivity index (χ3n) is 3.17. The van der Waals surface area contributed by atoms with Gasteiger partial charge in [0.15, 0.2) is 5.82 Å². The van der Waals surface area contributed by atoms with E-state index in [0.29, 0.717) is 11.5 Å². The number of nitrogens with two attached hydrogens (primary N) is 1. The largest absolute Gasteiger partial charge is 0.388 e. The zero-order valence-electron chi connectivity index (χ0n) is 11.7. The average Bonchev–Trinajstić information content (AvgIpc) is 2.47. The normalized spacial score (nSPS) is 10.3. The van der Waals surface area contributed by atoms with Crippen molar-refractivity contribution in [1.29, 1.82) is 0 Å². The van der Waals surface area contributed by atoms with Gasteiger partial charge in [-0.2, -0.15) is 0 Å². The zero-order chi connectivity index (χ0) is 14.5. The van der Waals surface area contributed by atoms with Crippen LogP contribution in [-0.2, 0) is 12.8 Å². The lowest BCUT2D eigenvalue weighted by molar-refractivity contribution is 1.08. The highest BCUT2D eigenvalue weighted by Crippen LogP contribution is 2.26. The molecule has 0 amide bonds. The molecule has 0 atom stereocenters. The van der Waals surface area contributed by atoms with Gasteiger partial charge in [-0.15, -0.1) is 0 Å². The molecule has 0 aliphatic carbocycles. The van der Waals surface area contributed by atoms with Gasteiger partial charge in [0.1, 0.15) is 10.7 Å². The Kier molecular flexibility index (Phi) is 4.63. The lowest BCUT2D eigenvalue weighted by Crippen LogP contribution is -2.15. The molecule has 2 rings (SSSR count). The minimum Gasteiger partial charge on any atom is -0.388 e. The molecule has 0 aliphatic rings. The summed E-state index contributed by atoms with van der Waals surface area (Å²) in [5, 5.41) is 3.35. The molecule has 0 bridgehead atoms. The predicted molar refractivity (Wildman–Crippen MR) is 86.4 cm³/mol. The van der Waals surface area contributed by atoms with Crippen molar-refractivity contribution in [2.45, 2.75) is 26.7 Å². The van der Waals surface area contributed by atoms with Gasteiger partial charge in [0.25, 0.3) is 0 Å². The SMILES string of the molecule is CCc1cccc(CC)c1Nc1nccnc1C(N)=S. The van der Waals surface area contributed by atoms with Crippen molar-refractivity contribution >= 4 is 28.7 Å². The van der Waals surface area contributed by atoms with E-state index >= 15 is 0 Å². The molecule has 0 saturated carbocycles. The number of hydrogen-bond acceptors (Lipinski definition) is 4. The molecule has 20 heavy (non-hydrogen) atoms. The van der Waals surface area contributed by atoms with E-state index in [1.165, 1.54) is 11.1 Å². The fourth-order valence-electron chi connectivity index (χ4n) is 2.13. The summed E-state index contributed by atoms with van der Waals surface area (Å²) in [4.78, 5) is 8.74. The molecule has 0 spiro atoms. The number of aryl methyl sites for hydroxylation is 2. The highest BCUT2D eigenvalue weighted by Gasteiger charge is 2.12. The number of aromatic nitrogens is 2. The number of nitrogens with one attached hydrogen (secondary N) is 1. The quantitative estimate of drug-likeness (QED) is 0.827. The van der Waals surface area contributed by atoms with E-state index in [1.807, 2.05) is 0 Å². The molecule has 104 valence electrons. The van der Waals surface area contributed by atoms with Crippen LogP contribution in [0.1, 0.15) is 30.7 Å². The van der Waals surface area contributed by atoms with Crippen LogP contribution < -0.4 is 11.1 Å². The van der Waals surface area contributed by atoms with Crippen LogP contribution in [0.5, 0.6) is 0 Å². The van der Waals surface area contributed by atoms with Crippen molar-refractivity contribution in [1.82, 2.24) is 9.97 Å². The molecule has 3 N–H and O–H groups in total. The second-order valence-corrected chi connectivity index (χ2v) is 4.84. The first-order valence-corrected chi connectivity index (χ1v) is 7.06. The standard InChI is InChI=1S/C15H18N4S/c1-3-10-6-5-7-11(4-2)12(10)19-15-13(14(16)20)17-8-9-18-15/h5-9H,3-4H2,1-2H3,(H2,16,20)(H,18,19). The first kappa shape index (κ1) is 14.4. The predicted octanol–water partition coefficient (Wildman–Crippen LogP) is 2.98. The monoisotopic (exact) mass is 286 g/mol. The summed E-state index contributed by atoms with van der Waals surface area (Å²) < 4.78 is 0. The van der Waals surface area contributed by atoms with Gasteiger partial charge in [-0.3, -0.25) is 0 Å². The maximum Gasteiger partial charge on any atom is 0.159 e. The second-order valence-electron chi connectivity index (χ2n) is 4.40. The Bertz CT molecular complexity index is 603. The van der Waals surface area contributed by atoms with Crippen molar-refractivity contribution < 1.29 is 0 Å². The first-order chi connectivity index (χ1) is 9.67. The van der Waals surface area contributed by atoms with Gasteiger partial charge < -0.3 is 11.1 Å². The van der Waals surface area contributed by atoms with Crippen LogP contribution in [-0.4, -0.2) is 15.0 Å².